The standard InChI is InChI=1S/C18H28N2O4S/c1-5-24-18(21)16-13(2)17(14(3)20(16)4)25(22,23)19-12-11-15-9-7-6-8-10-15/h9,19H,5-8,10-12H2,1-4H3. The first-order chi connectivity index (χ1) is 11.8. The molecule has 0 atom stereocenters. The average molecular weight is 368 g/mol. The van der Waals surface area contributed by atoms with Gasteiger partial charge in [-0.05, 0) is 52.9 Å². The summed E-state index contributed by atoms with van der Waals surface area (Å²) in [6, 6.07) is 0. The number of nitrogens with one attached hydrogen (secondary N) is 1. The van der Waals surface area contributed by atoms with Crippen LogP contribution in [-0.2, 0) is 21.8 Å². The lowest BCUT2D eigenvalue weighted by Gasteiger charge is -2.13. The molecule has 1 aliphatic carbocycles. The van der Waals surface area contributed by atoms with Crippen molar-refractivity contribution < 1.29 is 17.9 Å². The Balaban J connectivity index is 2.19. The molecule has 0 amide bonds. The van der Waals surface area contributed by atoms with Crippen LogP contribution in [0.5, 0.6) is 0 Å². The first-order valence-electron chi connectivity index (χ1n) is 8.80. The molecule has 0 unspecified atom stereocenters. The van der Waals surface area contributed by atoms with Crippen LogP contribution in [0.3, 0.4) is 0 Å². The smallest absolute Gasteiger partial charge is 0.355 e. The number of carbonyl (C=O) groups excluding carboxylic acids is 1. The number of rotatable bonds is 7. The molecule has 1 N–H and O–H groups in total. The molecule has 2 rings (SSSR count). The van der Waals surface area contributed by atoms with E-state index in [1.807, 2.05) is 0 Å². The number of nitrogens with zero attached hydrogens (tertiary/aromatic N) is 1. The van der Waals surface area contributed by atoms with Gasteiger partial charge in [0.2, 0.25) is 10.0 Å². The van der Waals surface area contributed by atoms with Gasteiger partial charge >= 0.3 is 5.97 Å². The summed E-state index contributed by atoms with van der Waals surface area (Å²) in [6.07, 6.45) is 7.48. The zero-order chi connectivity index (χ0) is 18.6. The van der Waals surface area contributed by atoms with E-state index in [-0.39, 0.29) is 17.2 Å². The second-order valence-electron chi connectivity index (χ2n) is 6.42. The fourth-order valence-electron chi connectivity index (χ4n) is 3.39. The van der Waals surface area contributed by atoms with Gasteiger partial charge in [0.05, 0.1) is 6.61 Å². The monoisotopic (exact) mass is 368 g/mol. The van der Waals surface area contributed by atoms with Gasteiger partial charge in [-0.15, -0.1) is 0 Å². The van der Waals surface area contributed by atoms with Gasteiger partial charge in [0.1, 0.15) is 10.6 Å². The lowest BCUT2D eigenvalue weighted by atomic mass is 9.97. The van der Waals surface area contributed by atoms with Crippen LogP contribution in [0.15, 0.2) is 16.5 Å². The number of allylic oxidation sites excluding steroid dienone is 1. The predicted molar refractivity (Wildman–Crippen MR) is 97.2 cm³/mol. The Morgan fingerprint density at radius 2 is 2.04 bits per heavy atom. The van der Waals surface area contributed by atoms with Crippen molar-refractivity contribution >= 4 is 16.0 Å². The number of hydrogen-bond donors (Lipinski definition) is 1. The third-order valence-corrected chi connectivity index (χ3v) is 6.45. The van der Waals surface area contributed by atoms with Crippen LogP contribution < -0.4 is 4.72 Å². The van der Waals surface area contributed by atoms with Gasteiger partial charge in [0.25, 0.3) is 0 Å². The Bertz CT molecular complexity index is 775. The number of hydrogen-bond acceptors (Lipinski definition) is 4. The molecule has 0 radical (unpaired) electrons. The SMILES string of the molecule is CCOC(=O)c1c(C)c(S(=O)(=O)NCCC2=CCCCC2)c(C)n1C. The van der Waals surface area contributed by atoms with Crippen LogP contribution in [-0.4, -0.2) is 32.1 Å². The summed E-state index contributed by atoms with van der Waals surface area (Å²) in [5, 5.41) is 0. The maximum Gasteiger partial charge on any atom is 0.355 e. The van der Waals surface area contributed by atoms with Crippen LogP contribution in [0.25, 0.3) is 0 Å². The fourth-order valence-corrected chi connectivity index (χ4v) is 4.93. The van der Waals surface area contributed by atoms with E-state index in [1.165, 1.54) is 18.4 Å². The normalized spacial score (nSPS) is 15.1. The van der Waals surface area contributed by atoms with Gasteiger partial charge in [-0.25, -0.2) is 17.9 Å². The minimum Gasteiger partial charge on any atom is -0.461 e. The minimum atomic E-state index is -3.68. The van der Waals surface area contributed by atoms with E-state index in [1.54, 1.807) is 32.4 Å². The molecule has 25 heavy (non-hydrogen) atoms. The van der Waals surface area contributed by atoms with Gasteiger partial charge in [0, 0.05) is 24.8 Å². The molecule has 6 nitrogen and oxygen atoms in total. The van der Waals surface area contributed by atoms with Crippen LogP contribution in [0.1, 0.15) is 60.8 Å². The first-order valence-corrected chi connectivity index (χ1v) is 10.3. The van der Waals surface area contributed by atoms with Crippen molar-refractivity contribution in [1.29, 1.82) is 0 Å². The van der Waals surface area contributed by atoms with Crippen molar-refractivity contribution in [2.24, 2.45) is 7.05 Å². The molecule has 1 aromatic heterocycles. The molecule has 140 valence electrons. The van der Waals surface area contributed by atoms with Crippen molar-refractivity contribution in [2.75, 3.05) is 13.2 Å². The minimum absolute atomic E-state index is 0.177. The number of carbonyl (C=O) groups is 1. The molecule has 0 fully saturated rings. The Morgan fingerprint density at radius 3 is 2.64 bits per heavy atom. The summed E-state index contributed by atoms with van der Waals surface area (Å²) >= 11 is 0. The van der Waals surface area contributed by atoms with Gasteiger partial charge < -0.3 is 9.30 Å². The van der Waals surface area contributed by atoms with E-state index in [2.05, 4.69) is 10.8 Å². The van der Waals surface area contributed by atoms with E-state index >= 15 is 0 Å². The number of ether oxygens (including phenoxy) is 1. The summed E-state index contributed by atoms with van der Waals surface area (Å²) < 4.78 is 34.9. The fraction of sp³-hybridized carbons (Fsp3) is 0.611. The highest BCUT2D eigenvalue weighted by atomic mass is 32.2. The summed E-state index contributed by atoms with van der Waals surface area (Å²) in [5.74, 6) is -0.501. The molecular weight excluding hydrogens is 340 g/mol. The molecule has 1 aromatic rings. The first kappa shape index (κ1) is 19.7. The quantitative estimate of drug-likeness (QED) is 0.593. The zero-order valence-electron chi connectivity index (χ0n) is 15.5. The van der Waals surface area contributed by atoms with Crippen molar-refractivity contribution in [3.8, 4) is 0 Å². The van der Waals surface area contributed by atoms with Gasteiger partial charge in [0.15, 0.2) is 0 Å². The van der Waals surface area contributed by atoms with Crippen LogP contribution in [0, 0.1) is 13.8 Å². The van der Waals surface area contributed by atoms with Gasteiger partial charge in [-0.2, -0.15) is 0 Å². The Kier molecular flexibility index (Phi) is 6.46. The number of sulfonamides is 1. The summed E-state index contributed by atoms with van der Waals surface area (Å²) in [6.45, 7) is 5.70. The highest BCUT2D eigenvalue weighted by Crippen LogP contribution is 2.26. The highest BCUT2D eigenvalue weighted by Gasteiger charge is 2.29. The lowest BCUT2D eigenvalue weighted by Crippen LogP contribution is -2.26. The topological polar surface area (TPSA) is 77.4 Å². The molecule has 1 aliphatic rings. The molecule has 0 spiro atoms. The van der Waals surface area contributed by atoms with E-state index in [0.717, 1.165) is 19.3 Å². The van der Waals surface area contributed by atoms with E-state index in [9.17, 15) is 13.2 Å². The molecule has 0 bridgehead atoms. The lowest BCUT2D eigenvalue weighted by molar-refractivity contribution is 0.0514. The number of esters is 1. The third kappa shape index (κ3) is 4.33. The van der Waals surface area contributed by atoms with Crippen molar-refractivity contribution in [1.82, 2.24) is 9.29 Å². The maximum absolute atomic E-state index is 12.8. The van der Waals surface area contributed by atoms with Gasteiger partial charge in [-0.1, -0.05) is 11.6 Å². The predicted octanol–water partition coefficient (Wildman–Crippen LogP) is 2.99. The second kappa shape index (κ2) is 8.19. The third-order valence-electron chi connectivity index (χ3n) is 4.72. The average Bonchev–Trinajstić information content (AvgIpc) is 2.78. The number of aromatic nitrogens is 1. The van der Waals surface area contributed by atoms with Crippen molar-refractivity contribution in [3.63, 3.8) is 0 Å². The molecule has 7 heteroatoms. The molecule has 1 heterocycles. The van der Waals surface area contributed by atoms with Gasteiger partial charge in [-0.3, -0.25) is 0 Å². The highest BCUT2D eigenvalue weighted by molar-refractivity contribution is 7.89. The Morgan fingerprint density at radius 1 is 1.32 bits per heavy atom. The van der Waals surface area contributed by atoms with E-state index in [4.69, 9.17) is 4.74 Å². The second-order valence-corrected chi connectivity index (χ2v) is 8.13. The molecule has 0 saturated heterocycles. The molecule has 0 aromatic carbocycles. The zero-order valence-corrected chi connectivity index (χ0v) is 16.3. The molecule has 0 saturated carbocycles. The van der Waals surface area contributed by atoms with Crippen LogP contribution in [0.2, 0.25) is 0 Å². The van der Waals surface area contributed by atoms with E-state index < -0.39 is 16.0 Å². The maximum atomic E-state index is 12.8. The van der Waals surface area contributed by atoms with Crippen molar-refractivity contribution in [3.05, 3.63) is 28.6 Å². The Hall–Kier alpha value is -1.60. The van der Waals surface area contributed by atoms with Crippen molar-refractivity contribution in [2.45, 2.75) is 57.8 Å². The summed E-state index contributed by atoms with van der Waals surface area (Å²) in [5.41, 5.74) is 2.57. The summed E-state index contributed by atoms with van der Waals surface area (Å²) in [7, 11) is -2.00. The van der Waals surface area contributed by atoms with E-state index in [0.29, 0.717) is 17.8 Å². The van der Waals surface area contributed by atoms with Crippen LogP contribution >= 0.6 is 0 Å². The largest absolute Gasteiger partial charge is 0.461 e. The van der Waals surface area contributed by atoms with Crippen LogP contribution in [0.4, 0.5) is 0 Å². The Labute approximate surface area is 150 Å². The summed E-state index contributed by atoms with van der Waals surface area (Å²) in [4.78, 5) is 12.3. The molecular formula is C18H28N2O4S. The molecule has 0 aliphatic heterocycles.